The minimum absolute atomic E-state index is 0.120. The van der Waals surface area contributed by atoms with E-state index in [0.717, 1.165) is 5.92 Å². The van der Waals surface area contributed by atoms with Crippen LogP contribution in [0.3, 0.4) is 0 Å². The molecule has 0 aromatic carbocycles. The van der Waals surface area contributed by atoms with E-state index < -0.39 is 6.04 Å². The molecule has 5 heteroatoms. The van der Waals surface area contributed by atoms with E-state index in [1.165, 1.54) is 38.5 Å². The first kappa shape index (κ1) is 18.2. The van der Waals surface area contributed by atoms with Crippen LogP contribution < -0.4 is 10.6 Å². The number of amides is 2. The van der Waals surface area contributed by atoms with Gasteiger partial charge in [-0.3, -0.25) is 9.59 Å². The zero-order valence-corrected chi connectivity index (χ0v) is 15.0. The van der Waals surface area contributed by atoms with Gasteiger partial charge in [0.2, 0.25) is 11.8 Å². The molecule has 5 nitrogen and oxygen atoms in total. The number of carbonyl (C=O) groups excluding carboxylic acids is 2. The average Bonchev–Trinajstić information content (AvgIpc) is 2.58. The molecule has 0 saturated heterocycles. The summed E-state index contributed by atoms with van der Waals surface area (Å²) < 4.78 is 6.09. The first-order valence-electron chi connectivity index (χ1n) is 9.00. The molecule has 3 rings (SSSR count). The largest absolute Gasteiger partial charge is 0.375 e. The van der Waals surface area contributed by atoms with Crippen LogP contribution in [0.5, 0.6) is 0 Å². The second-order valence-electron chi connectivity index (χ2n) is 7.75. The number of likely N-dealkylation sites (N-methyl/N-ethyl adjacent to an activating group) is 1. The molecule has 132 valence electrons. The molecule has 0 aromatic rings. The molecule has 3 saturated carbocycles. The summed E-state index contributed by atoms with van der Waals surface area (Å²) >= 11 is 0. The second kappa shape index (κ2) is 7.65. The Balaban J connectivity index is 1.92. The summed E-state index contributed by atoms with van der Waals surface area (Å²) in [6.07, 6.45) is 7.36. The molecule has 0 heterocycles. The predicted octanol–water partition coefficient (Wildman–Crippen LogP) is 2.25. The fourth-order valence-corrected chi connectivity index (χ4v) is 3.83. The fourth-order valence-electron chi connectivity index (χ4n) is 3.83. The van der Waals surface area contributed by atoms with Crippen LogP contribution in [-0.4, -0.2) is 37.6 Å². The third kappa shape index (κ3) is 4.46. The minimum atomic E-state index is -0.633. The first-order chi connectivity index (χ1) is 10.9. The predicted molar refractivity (Wildman–Crippen MR) is 89.9 cm³/mol. The summed E-state index contributed by atoms with van der Waals surface area (Å²) in [6.45, 7) is 6.22. The zero-order chi connectivity index (χ0) is 17.0. The van der Waals surface area contributed by atoms with Crippen molar-refractivity contribution < 1.29 is 14.3 Å². The Kier molecular flexibility index (Phi) is 6.06. The Morgan fingerprint density at radius 1 is 1.09 bits per heavy atom. The lowest BCUT2D eigenvalue weighted by atomic mass is 9.61. The number of ether oxygens (including phenoxy) is 1. The van der Waals surface area contributed by atoms with Crippen LogP contribution in [0.15, 0.2) is 0 Å². The van der Waals surface area contributed by atoms with Crippen LogP contribution in [-0.2, 0) is 14.3 Å². The molecule has 23 heavy (non-hydrogen) atoms. The monoisotopic (exact) mass is 324 g/mol. The Bertz CT molecular complexity index is 414. The molecule has 2 atom stereocenters. The van der Waals surface area contributed by atoms with Gasteiger partial charge in [-0.25, -0.2) is 0 Å². The molecule has 3 aliphatic carbocycles. The summed E-state index contributed by atoms with van der Waals surface area (Å²) in [7, 11) is 1.59. The maximum absolute atomic E-state index is 12.1. The van der Waals surface area contributed by atoms with Crippen LogP contribution >= 0.6 is 0 Å². The van der Waals surface area contributed by atoms with Gasteiger partial charge in [0.1, 0.15) is 6.04 Å². The first-order valence-corrected chi connectivity index (χ1v) is 9.00. The number of carbonyl (C=O) groups is 2. The summed E-state index contributed by atoms with van der Waals surface area (Å²) in [5.41, 5.74) is 0.304. The topological polar surface area (TPSA) is 67.4 Å². The van der Waals surface area contributed by atoms with Crippen LogP contribution in [0.2, 0.25) is 0 Å². The van der Waals surface area contributed by atoms with E-state index in [2.05, 4.69) is 10.6 Å². The Morgan fingerprint density at radius 2 is 1.65 bits per heavy atom. The van der Waals surface area contributed by atoms with Crippen molar-refractivity contribution in [3.05, 3.63) is 0 Å². The van der Waals surface area contributed by atoms with Crippen molar-refractivity contribution in [2.45, 2.75) is 71.4 Å². The van der Waals surface area contributed by atoms with Crippen molar-refractivity contribution in [2.75, 3.05) is 13.7 Å². The van der Waals surface area contributed by atoms with Crippen molar-refractivity contribution in [2.24, 2.45) is 17.3 Å². The minimum Gasteiger partial charge on any atom is -0.375 e. The van der Waals surface area contributed by atoms with Gasteiger partial charge in [-0.1, -0.05) is 13.8 Å². The summed E-state index contributed by atoms with van der Waals surface area (Å²) in [5, 5.41) is 5.44. The van der Waals surface area contributed by atoms with E-state index >= 15 is 0 Å². The molecule has 0 spiro atoms. The van der Waals surface area contributed by atoms with Gasteiger partial charge in [0, 0.05) is 13.0 Å². The Hall–Kier alpha value is -1.10. The summed E-state index contributed by atoms with van der Waals surface area (Å²) in [6, 6.07) is -0.633. The second-order valence-corrected chi connectivity index (χ2v) is 7.75. The highest BCUT2D eigenvalue weighted by Crippen LogP contribution is 2.50. The van der Waals surface area contributed by atoms with E-state index in [1.54, 1.807) is 7.05 Å². The third-order valence-corrected chi connectivity index (χ3v) is 5.72. The number of nitrogens with one attached hydrogen (secondary N) is 2. The van der Waals surface area contributed by atoms with Gasteiger partial charge in [0.25, 0.3) is 0 Å². The average molecular weight is 324 g/mol. The SMILES string of the molecule is CNC(=O)C(NC(=O)C(C)C)C(C)OCC12CCC(CC1)CC2. The zero-order valence-electron chi connectivity index (χ0n) is 15.0. The number of rotatable bonds is 7. The normalized spacial score (nSPS) is 29.2. The van der Waals surface area contributed by atoms with Crippen molar-refractivity contribution in [3.63, 3.8) is 0 Å². The van der Waals surface area contributed by atoms with Crippen LogP contribution in [0.1, 0.15) is 59.3 Å². The van der Waals surface area contributed by atoms with Crippen LogP contribution in [0.25, 0.3) is 0 Å². The third-order valence-electron chi connectivity index (χ3n) is 5.72. The summed E-state index contributed by atoms with van der Waals surface area (Å²) in [5.74, 6) is 0.460. The lowest BCUT2D eigenvalue weighted by Gasteiger charge is -2.47. The molecule has 2 unspecified atom stereocenters. The van der Waals surface area contributed by atoms with Crippen LogP contribution in [0, 0.1) is 17.3 Å². The van der Waals surface area contributed by atoms with Crippen molar-refractivity contribution >= 4 is 11.8 Å². The Morgan fingerprint density at radius 3 is 2.13 bits per heavy atom. The molecular formula is C18H32N2O3. The standard InChI is InChI=1S/C18H32N2O3/c1-12(2)16(21)20-15(17(22)19-4)13(3)23-11-18-8-5-14(6-9-18)7-10-18/h12-15H,5-11H2,1-4H3,(H,19,22)(H,20,21). The van der Waals surface area contributed by atoms with Gasteiger partial charge < -0.3 is 15.4 Å². The van der Waals surface area contributed by atoms with E-state index in [-0.39, 0.29) is 23.8 Å². The van der Waals surface area contributed by atoms with Gasteiger partial charge >= 0.3 is 0 Å². The lowest BCUT2D eigenvalue weighted by Crippen LogP contribution is -2.54. The highest BCUT2D eigenvalue weighted by molar-refractivity contribution is 5.88. The number of hydrogen-bond donors (Lipinski definition) is 2. The van der Waals surface area contributed by atoms with Gasteiger partial charge in [0.15, 0.2) is 0 Å². The fraction of sp³-hybridized carbons (Fsp3) is 0.889. The molecule has 2 bridgehead atoms. The van der Waals surface area contributed by atoms with E-state index in [0.29, 0.717) is 12.0 Å². The van der Waals surface area contributed by atoms with Crippen LogP contribution in [0.4, 0.5) is 0 Å². The van der Waals surface area contributed by atoms with Gasteiger partial charge in [-0.05, 0) is 56.8 Å². The molecule has 2 N–H and O–H groups in total. The molecule has 0 aromatic heterocycles. The quantitative estimate of drug-likeness (QED) is 0.755. The van der Waals surface area contributed by atoms with Gasteiger partial charge in [-0.2, -0.15) is 0 Å². The highest BCUT2D eigenvalue weighted by Gasteiger charge is 2.41. The van der Waals surface area contributed by atoms with E-state index in [1.807, 2.05) is 20.8 Å². The smallest absolute Gasteiger partial charge is 0.245 e. The maximum Gasteiger partial charge on any atom is 0.245 e. The molecule has 0 aliphatic heterocycles. The Labute approximate surface area is 139 Å². The van der Waals surface area contributed by atoms with Gasteiger partial charge in [0.05, 0.1) is 12.7 Å². The van der Waals surface area contributed by atoms with Crippen molar-refractivity contribution in [3.8, 4) is 0 Å². The number of fused-ring (bicyclic) bond motifs is 3. The highest BCUT2D eigenvalue weighted by atomic mass is 16.5. The molecule has 3 fully saturated rings. The molecule has 2 amide bonds. The van der Waals surface area contributed by atoms with Gasteiger partial charge in [-0.15, -0.1) is 0 Å². The maximum atomic E-state index is 12.1. The molecule has 0 radical (unpaired) electrons. The number of hydrogen-bond acceptors (Lipinski definition) is 3. The van der Waals surface area contributed by atoms with E-state index in [9.17, 15) is 9.59 Å². The lowest BCUT2D eigenvalue weighted by molar-refractivity contribution is -0.135. The molecular weight excluding hydrogens is 292 g/mol. The summed E-state index contributed by atoms with van der Waals surface area (Å²) in [4.78, 5) is 24.1. The van der Waals surface area contributed by atoms with Crippen molar-refractivity contribution in [1.29, 1.82) is 0 Å². The molecule has 3 aliphatic rings. The van der Waals surface area contributed by atoms with Crippen molar-refractivity contribution in [1.82, 2.24) is 10.6 Å². The van der Waals surface area contributed by atoms with E-state index in [4.69, 9.17) is 4.74 Å².